The summed E-state index contributed by atoms with van der Waals surface area (Å²) in [5, 5.41) is 3.19. The lowest BCUT2D eigenvalue weighted by molar-refractivity contribution is -0.116. The summed E-state index contributed by atoms with van der Waals surface area (Å²) in [6, 6.07) is 3.88. The highest BCUT2D eigenvalue weighted by Crippen LogP contribution is 2.44. The van der Waals surface area contributed by atoms with Crippen LogP contribution in [0.1, 0.15) is 18.1 Å². The van der Waals surface area contributed by atoms with Crippen molar-refractivity contribution in [2.45, 2.75) is 26.5 Å². The second-order valence-corrected chi connectivity index (χ2v) is 5.36. The number of hydrogen-bond donors (Lipinski definition) is 3. The van der Waals surface area contributed by atoms with Crippen LogP contribution < -0.4 is 21.5 Å². The van der Waals surface area contributed by atoms with Crippen LogP contribution in [0.4, 0.5) is 5.69 Å². The number of amides is 1. The standard InChI is InChI=1S/C15H17N3O3/c1-7-4-10-11(5-8(7)2)21-15(18-10)6-9(3)20-14(17)12(15)13(16)19/h4-6,18H,17H2,1-3H3,(H2,16,19)/t15-/m1/s1. The number of nitrogens with two attached hydrogens (primary N) is 2. The van der Waals surface area contributed by atoms with Crippen molar-refractivity contribution in [3.63, 3.8) is 0 Å². The summed E-state index contributed by atoms with van der Waals surface area (Å²) in [6.45, 7) is 5.73. The largest absolute Gasteiger partial charge is 0.457 e. The van der Waals surface area contributed by atoms with Gasteiger partial charge in [0.15, 0.2) is 0 Å². The lowest BCUT2D eigenvalue weighted by atomic mass is 9.99. The lowest BCUT2D eigenvalue weighted by Crippen LogP contribution is -2.48. The number of anilines is 1. The van der Waals surface area contributed by atoms with Gasteiger partial charge in [0.05, 0.1) is 5.69 Å². The third-order valence-corrected chi connectivity index (χ3v) is 3.73. The maximum atomic E-state index is 11.8. The van der Waals surface area contributed by atoms with E-state index < -0.39 is 11.6 Å². The van der Waals surface area contributed by atoms with Gasteiger partial charge in [-0.25, -0.2) is 0 Å². The maximum absolute atomic E-state index is 11.8. The second kappa shape index (κ2) is 4.18. The normalized spacial score (nSPS) is 23.1. The molecule has 0 fully saturated rings. The Morgan fingerprint density at radius 3 is 2.57 bits per heavy atom. The van der Waals surface area contributed by atoms with E-state index in [1.807, 2.05) is 26.0 Å². The summed E-state index contributed by atoms with van der Waals surface area (Å²) < 4.78 is 11.3. The second-order valence-electron chi connectivity index (χ2n) is 5.36. The van der Waals surface area contributed by atoms with Gasteiger partial charge in [0.25, 0.3) is 5.91 Å². The van der Waals surface area contributed by atoms with Crippen LogP contribution in [0.2, 0.25) is 0 Å². The van der Waals surface area contributed by atoms with Crippen molar-refractivity contribution in [2.24, 2.45) is 11.5 Å². The molecule has 21 heavy (non-hydrogen) atoms. The number of allylic oxidation sites excluding steroid dienone is 1. The molecule has 0 radical (unpaired) electrons. The fraction of sp³-hybridized carbons (Fsp3) is 0.267. The monoisotopic (exact) mass is 287 g/mol. The molecule has 1 aromatic rings. The van der Waals surface area contributed by atoms with E-state index in [9.17, 15) is 4.79 Å². The number of carbonyl (C=O) groups is 1. The molecule has 1 amide bonds. The molecule has 6 nitrogen and oxygen atoms in total. The van der Waals surface area contributed by atoms with Gasteiger partial charge in [-0.2, -0.15) is 0 Å². The number of nitrogens with one attached hydrogen (secondary N) is 1. The van der Waals surface area contributed by atoms with E-state index in [0.717, 1.165) is 16.8 Å². The van der Waals surface area contributed by atoms with Crippen LogP contribution in [0.25, 0.3) is 0 Å². The predicted molar refractivity (Wildman–Crippen MR) is 78.1 cm³/mol. The fourth-order valence-corrected chi connectivity index (χ4v) is 2.65. The number of primary amides is 1. The summed E-state index contributed by atoms with van der Waals surface area (Å²) in [6.07, 6.45) is 1.66. The summed E-state index contributed by atoms with van der Waals surface area (Å²) in [4.78, 5) is 11.8. The minimum Gasteiger partial charge on any atom is -0.457 e. The summed E-state index contributed by atoms with van der Waals surface area (Å²) in [5.41, 5.74) is 13.1. The van der Waals surface area contributed by atoms with Crippen molar-refractivity contribution in [2.75, 3.05) is 5.32 Å². The summed E-state index contributed by atoms with van der Waals surface area (Å²) >= 11 is 0. The van der Waals surface area contributed by atoms with Gasteiger partial charge in [0, 0.05) is 6.08 Å². The summed E-state index contributed by atoms with van der Waals surface area (Å²) in [7, 11) is 0. The molecule has 3 rings (SSSR count). The molecule has 1 spiro atoms. The van der Waals surface area contributed by atoms with Gasteiger partial charge in [-0.3, -0.25) is 4.79 Å². The van der Waals surface area contributed by atoms with Crippen molar-refractivity contribution < 1.29 is 14.3 Å². The molecule has 2 aliphatic rings. The maximum Gasteiger partial charge on any atom is 0.256 e. The minimum atomic E-state index is -1.21. The topological polar surface area (TPSA) is 99.6 Å². The van der Waals surface area contributed by atoms with E-state index in [-0.39, 0.29) is 11.5 Å². The Labute approximate surface area is 122 Å². The molecule has 0 saturated carbocycles. The molecule has 110 valence electrons. The highest BCUT2D eigenvalue weighted by Gasteiger charge is 2.48. The molecule has 0 bridgehead atoms. The number of benzene rings is 1. The summed E-state index contributed by atoms with van der Waals surface area (Å²) in [5.74, 6) is 0.447. The first-order valence-electron chi connectivity index (χ1n) is 6.58. The molecule has 1 atom stereocenters. The number of carbonyl (C=O) groups excluding carboxylic acids is 1. The number of fused-ring (bicyclic) bond motifs is 1. The first-order chi connectivity index (χ1) is 9.82. The number of ether oxygens (including phenoxy) is 2. The average Bonchev–Trinajstić information content (AvgIpc) is 2.64. The first kappa shape index (κ1) is 13.4. The van der Waals surface area contributed by atoms with Crippen molar-refractivity contribution in [3.05, 3.63) is 46.6 Å². The molecule has 0 saturated heterocycles. The number of hydrogen-bond acceptors (Lipinski definition) is 5. The van der Waals surface area contributed by atoms with Crippen molar-refractivity contribution in [1.82, 2.24) is 0 Å². The molecule has 1 aromatic carbocycles. The van der Waals surface area contributed by atoms with Gasteiger partial charge >= 0.3 is 0 Å². The molecular formula is C15H17N3O3. The zero-order valence-corrected chi connectivity index (χ0v) is 12.1. The van der Waals surface area contributed by atoms with Crippen LogP contribution in [0.5, 0.6) is 5.75 Å². The molecular weight excluding hydrogens is 270 g/mol. The molecule has 5 N–H and O–H groups in total. The van der Waals surface area contributed by atoms with Crippen LogP contribution in [-0.4, -0.2) is 11.6 Å². The Balaban J connectivity index is 2.14. The van der Waals surface area contributed by atoms with E-state index in [1.54, 1.807) is 13.0 Å². The van der Waals surface area contributed by atoms with Gasteiger partial charge in [-0.05, 0) is 44.0 Å². The van der Waals surface area contributed by atoms with Crippen LogP contribution in [0.3, 0.4) is 0 Å². The Morgan fingerprint density at radius 1 is 1.24 bits per heavy atom. The highest BCUT2D eigenvalue weighted by atomic mass is 16.5. The van der Waals surface area contributed by atoms with Crippen LogP contribution >= 0.6 is 0 Å². The SMILES string of the molecule is CC1=C[C@]2(Nc3cc(C)c(C)cc3O2)C(C(N)=O)=C(N)O1. The zero-order valence-electron chi connectivity index (χ0n) is 12.1. The molecule has 6 heteroatoms. The third-order valence-electron chi connectivity index (χ3n) is 3.73. The van der Waals surface area contributed by atoms with E-state index in [1.165, 1.54) is 0 Å². The van der Waals surface area contributed by atoms with Crippen molar-refractivity contribution in [3.8, 4) is 5.75 Å². The van der Waals surface area contributed by atoms with Gasteiger partial charge in [-0.15, -0.1) is 0 Å². The molecule has 0 aromatic heterocycles. The minimum absolute atomic E-state index is 0.0451. The Kier molecular flexibility index (Phi) is 2.66. The van der Waals surface area contributed by atoms with Crippen molar-refractivity contribution >= 4 is 11.6 Å². The number of rotatable bonds is 1. The molecule has 2 aliphatic heterocycles. The predicted octanol–water partition coefficient (Wildman–Crippen LogP) is 1.39. The number of aryl methyl sites for hydroxylation is 2. The average molecular weight is 287 g/mol. The Morgan fingerprint density at radius 2 is 1.90 bits per heavy atom. The van der Waals surface area contributed by atoms with Gasteiger partial charge in [0.1, 0.15) is 17.1 Å². The van der Waals surface area contributed by atoms with Crippen molar-refractivity contribution in [1.29, 1.82) is 0 Å². The molecule has 0 aliphatic carbocycles. The lowest BCUT2D eigenvalue weighted by Gasteiger charge is -2.31. The van der Waals surface area contributed by atoms with Crippen LogP contribution in [-0.2, 0) is 9.53 Å². The van der Waals surface area contributed by atoms with Gasteiger partial charge in [-0.1, -0.05) is 0 Å². The molecule has 0 unspecified atom stereocenters. The smallest absolute Gasteiger partial charge is 0.256 e. The highest BCUT2D eigenvalue weighted by molar-refractivity contribution is 5.97. The quantitative estimate of drug-likeness (QED) is 0.725. The Bertz CT molecular complexity index is 688. The van der Waals surface area contributed by atoms with Crippen LogP contribution in [0, 0.1) is 13.8 Å². The van der Waals surface area contributed by atoms with E-state index >= 15 is 0 Å². The van der Waals surface area contributed by atoms with Gasteiger partial charge in [0.2, 0.25) is 11.6 Å². The zero-order chi connectivity index (χ0) is 15.4. The first-order valence-corrected chi connectivity index (χ1v) is 6.58. The van der Waals surface area contributed by atoms with Crippen LogP contribution in [0.15, 0.2) is 35.4 Å². The van der Waals surface area contributed by atoms with E-state index in [0.29, 0.717) is 11.5 Å². The third kappa shape index (κ3) is 1.91. The van der Waals surface area contributed by atoms with E-state index in [4.69, 9.17) is 20.9 Å². The van der Waals surface area contributed by atoms with E-state index in [2.05, 4.69) is 5.32 Å². The van der Waals surface area contributed by atoms with Gasteiger partial charge < -0.3 is 26.3 Å². The molecule has 2 heterocycles. The Hall–Kier alpha value is -2.63. The fourth-order valence-electron chi connectivity index (χ4n) is 2.65.